The lowest BCUT2D eigenvalue weighted by atomic mass is 10.1. The van der Waals surface area contributed by atoms with E-state index in [0.717, 1.165) is 38.3 Å². The van der Waals surface area contributed by atoms with E-state index in [-0.39, 0.29) is 5.56 Å². The van der Waals surface area contributed by atoms with Gasteiger partial charge in [0, 0.05) is 18.0 Å². The van der Waals surface area contributed by atoms with Crippen molar-refractivity contribution >= 4 is 33.3 Å². The van der Waals surface area contributed by atoms with E-state index in [1.165, 1.54) is 23.1 Å². The molecule has 0 radical (unpaired) electrons. The first-order chi connectivity index (χ1) is 14.6. The molecule has 0 aliphatic carbocycles. The van der Waals surface area contributed by atoms with Crippen molar-refractivity contribution in [1.82, 2.24) is 24.7 Å². The Morgan fingerprint density at radius 2 is 2.00 bits per heavy atom. The summed E-state index contributed by atoms with van der Waals surface area (Å²) < 4.78 is 7.28. The minimum absolute atomic E-state index is 0.122. The number of rotatable bonds is 5. The number of aromatic nitrogens is 5. The lowest BCUT2D eigenvalue weighted by Crippen LogP contribution is -2.10. The van der Waals surface area contributed by atoms with Gasteiger partial charge in [-0.1, -0.05) is 42.1 Å². The maximum absolute atomic E-state index is 12.8. The first-order valence-corrected chi connectivity index (χ1v) is 11.1. The number of hydrogen-bond donors (Lipinski definition) is 1. The van der Waals surface area contributed by atoms with Crippen LogP contribution in [-0.4, -0.2) is 24.7 Å². The first kappa shape index (κ1) is 18.8. The van der Waals surface area contributed by atoms with Crippen molar-refractivity contribution in [2.45, 2.75) is 17.8 Å². The van der Waals surface area contributed by atoms with Gasteiger partial charge in [0.15, 0.2) is 11.0 Å². The molecule has 9 heteroatoms. The Morgan fingerprint density at radius 3 is 2.77 bits per heavy atom. The molecule has 0 amide bonds. The number of thioether (sulfide) groups is 1. The number of benzene rings is 1. The summed E-state index contributed by atoms with van der Waals surface area (Å²) in [7, 11) is 1.91. The molecule has 4 heterocycles. The highest BCUT2D eigenvalue weighted by Gasteiger charge is 2.16. The van der Waals surface area contributed by atoms with Crippen LogP contribution in [0.1, 0.15) is 11.6 Å². The summed E-state index contributed by atoms with van der Waals surface area (Å²) in [4.78, 5) is 21.1. The van der Waals surface area contributed by atoms with Crippen LogP contribution >= 0.6 is 23.1 Å². The monoisotopic (exact) mass is 435 g/mol. The Hall–Kier alpha value is -3.17. The summed E-state index contributed by atoms with van der Waals surface area (Å²) in [6, 6.07) is 11.8. The molecule has 0 aliphatic heterocycles. The van der Waals surface area contributed by atoms with Gasteiger partial charge in [0.25, 0.3) is 5.56 Å². The molecule has 150 valence electrons. The van der Waals surface area contributed by atoms with E-state index in [4.69, 9.17) is 4.42 Å². The Kier molecular flexibility index (Phi) is 4.76. The third-order valence-electron chi connectivity index (χ3n) is 4.85. The smallest absolute Gasteiger partial charge is 0.260 e. The Labute approximate surface area is 179 Å². The first-order valence-electron chi connectivity index (χ1n) is 9.24. The van der Waals surface area contributed by atoms with Gasteiger partial charge in [-0.25, -0.2) is 4.98 Å². The van der Waals surface area contributed by atoms with E-state index in [1.54, 1.807) is 6.26 Å². The maximum Gasteiger partial charge on any atom is 0.260 e. The molecule has 0 atom stereocenters. The zero-order valence-electron chi connectivity index (χ0n) is 16.2. The van der Waals surface area contributed by atoms with E-state index < -0.39 is 0 Å². The molecule has 0 saturated carbocycles. The van der Waals surface area contributed by atoms with Gasteiger partial charge < -0.3 is 14.0 Å². The fourth-order valence-electron chi connectivity index (χ4n) is 3.32. The van der Waals surface area contributed by atoms with Gasteiger partial charge in [0.1, 0.15) is 16.4 Å². The Balaban J connectivity index is 1.42. The summed E-state index contributed by atoms with van der Waals surface area (Å²) in [5.74, 6) is 2.64. The number of H-pyrrole nitrogens is 1. The van der Waals surface area contributed by atoms with Crippen LogP contribution in [0.25, 0.3) is 32.7 Å². The molecule has 7 nitrogen and oxygen atoms in total. The predicted octanol–water partition coefficient (Wildman–Crippen LogP) is 4.64. The fraction of sp³-hybridized carbons (Fsp3) is 0.143. The minimum Gasteiger partial charge on any atom is -0.469 e. The average Bonchev–Trinajstić information content (AvgIpc) is 3.46. The third-order valence-corrected chi connectivity index (χ3v) is 6.75. The zero-order valence-corrected chi connectivity index (χ0v) is 17.9. The number of hydrogen-bond acceptors (Lipinski definition) is 7. The molecule has 5 aromatic rings. The van der Waals surface area contributed by atoms with E-state index in [1.807, 2.05) is 60.3 Å². The van der Waals surface area contributed by atoms with E-state index >= 15 is 0 Å². The van der Waals surface area contributed by atoms with E-state index in [2.05, 4.69) is 20.2 Å². The van der Waals surface area contributed by atoms with Crippen LogP contribution < -0.4 is 5.56 Å². The highest BCUT2D eigenvalue weighted by molar-refractivity contribution is 7.98. The van der Waals surface area contributed by atoms with Gasteiger partial charge in [-0.3, -0.25) is 4.79 Å². The van der Waals surface area contributed by atoms with Gasteiger partial charge in [-0.15, -0.1) is 21.5 Å². The van der Waals surface area contributed by atoms with Crippen LogP contribution in [0.3, 0.4) is 0 Å². The lowest BCUT2D eigenvalue weighted by molar-refractivity contribution is 0.534. The van der Waals surface area contributed by atoms with Crippen LogP contribution in [-0.2, 0) is 12.8 Å². The second-order valence-corrected chi connectivity index (χ2v) is 8.55. The predicted molar refractivity (Wildman–Crippen MR) is 119 cm³/mol. The summed E-state index contributed by atoms with van der Waals surface area (Å²) in [5, 5.41) is 11.9. The quantitative estimate of drug-likeness (QED) is 0.405. The molecule has 30 heavy (non-hydrogen) atoms. The Morgan fingerprint density at radius 1 is 1.17 bits per heavy atom. The van der Waals surface area contributed by atoms with Gasteiger partial charge in [-0.05, 0) is 18.6 Å². The molecule has 0 saturated heterocycles. The summed E-state index contributed by atoms with van der Waals surface area (Å²) in [6.07, 6.45) is 1.64. The summed E-state index contributed by atoms with van der Waals surface area (Å²) in [5.41, 5.74) is 2.72. The van der Waals surface area contributed by atoms with Crippen LogP contribution in [0.4, 0.5) is 0 Å². The molecular formula is C21H17N5O2S2. The van der Waals surface area contributed by atoms with Gasteiger partial charge in [0.05, 0.1) is 23.0 Å². The third kappa shape index (κ3) is 3.25. The number of nitrogens with one attached hydrogen (secondary N) is 1. The molecule has 0 unspecified atom stereocenters. The van der Waals surface area contributed by atoms with Crippen molar-refractivity contribution in [3.63, 3.8) is 0 Å². The van der Waals surface area contributed by atoms with E-state index in [9.17, 15) is 4.79 Å². The number of aromatic amines is 1. The normalized spacial score (nSPS) is 11.4. The number of thiophene rings is 1. The molecule has 0 aliphatic rings. The maximum atomic E-state index is 12.8. The molecule has 0 bridgehead atoms. The van der Waals surface area contributed by atoms with Crippen LogP contribution in [0.2, 0.25) is 0 Å². The van der Waals surface area contributed by atoms with Gasteiger partial charge in [0.2, 0.25) is 0 Å². The van der Waals surface area contributed by atoms with Crippen LogP contribution in [0, 0.1) is 6.92 Å². The largest absolute Gasteiger partial charge is 0.469 e. The average molecular weight is 436 g/mol. The second kappa shape index (κ2) is 7.58. The number of furan rings is 1. The van der Waals surface area contributed by atoms with Crippen molar-refractivity contribution in [3.8, 4) is 22.5 Å². The molecule has 4 aromatic heterocycles. The summed E-state index contributed by atoms with van der Waals surface area (Å²) >= 11 is 2.96. The van der Waals surface area contributed by atoms with Crippen molar-refractivity contribution < 1.29 is 4.42 Å². The standard InChI is InChI=1S/C21H17N5O2S2/c1-12-14(8-9-28-12)18-24-25-21(26(18)2)30-11-16-22-19(27)17-15(10-29-20(17)23-16)13-6-4-3-5-7-13/h3-10H,11H2,1-2H3,(H,22,23,27). The molecule has 0 fully saturated rings. The minimum atomic E-state index is -0.122. The topological polar surface area (TPSA) is 89.6 Å². The highest BCUT2D eigenvalue weighted by Crippen LogP contribution is 2.31. The molecular weight excluding hydrogens is 418 g/mol. The second-order valence-electron chi connectivity index (χ2n) is 6.75. The van der Waals surface area contributed by atoms with Crippen molar-refractivity contribution in [2.24, 2.45) is 7.05 Å². The Bertz CT molecular complexity index is 1400. The molecule has 0 spiro atoms. The molecule has 1 N–H and O–H groups in total. The highest BCUT2D eigenvalue weighted by atomic mass is 32.2. The van der Waals surface area contributed by atoms with Gasteiger partial charge >= 0.3 is 0 Å². The van der Waals surface area contributed by atoms with Crippen LogP contribution in [0.5, 0.6) is 0 Å². The fourth-order valence-corrected chi connectivity index (χ4v) is 5.07. The zero-order chi connectivity index (χ0) is 20.7. The molecule has 1 aromatic carbocycles. The van der Waals surface area contributed by atoms with Crippen LogP contribution in [0.15, 0.2) is 62.4 Å². The SMILES string of the molecule is Cc1occc1-c1nnc(SCc2nc3scc(-c4ccccc4)c3c(=O)[nH]2)n1C. The number of aryl methyl sites for hydroxylation is 1. The van der Waals surface area contributed by atoms with Crippen molar-refractivity contribution in [2.75, 3.05) is 0 Å². The van der Waals surface area contributed by atoms with Gasteiger partial charge in [-0.2, -0.15) is 0 Å². The summed E-state index contributed by atoms with van der Waals surface area (Å²) in [6.45, 7) is 1.89. The van der Waals surface area contributed by atoms with Crippen molar-refractivity contribution in [3.05, 3.63) is 70.0 Å². The number of nitrogens with zero attached hydrogens (tertiary/aromatic N) is 4. The molecule has 5 rings (SSSR count). The number of fused-ring (bicyclic) bond motifs is 1. The van der Waals surface area contributed by atoms with E-state index in [0.29, 0.717) is 17.0 Å². The van der Waals surface area contributed by atoms with Crippen molar-refractivity contribution in [1.29, 1.82) is 0 Å². The lowest BCUT2D eigenvalue weighted by Gasteiger charge is -2.04.